The maximum absolute atomic E-state index is 12.5. The van der Waals surface area contributed by atoms with Crippen LogP contribution in [0.15, 0.2) is 42.7 Å². The molecule has 0 bridgehead atoms. The summed E-state index contributed by atoms with van der Waals surface area (Å²) in [5.41, 5.74) is 8.66. The Morgan fingerprint density at radius 1 is 1.28 bits per heavy atom. The molecule has 4 rings (SSSR count). The smallest absolute Gasteiger partial charge is 0.241 e. The van der Waals surface area contributed by atoms with Crippen molar-refractivity contribution in [3.63, 3.8) is 0 Å². The molecule has 1 fully saturated rings. The van der Waals surface area contributed by atoms with Crippen molar-refractivity contribution in [1.29, 1.82) is 0 Å². The highest BCUT2D eigenvalue weighted by molar-refractivity contribution is 5.75. The van der Waals surface area contributed by atoms with Crippen molar-refractivity contribution in [2.75, 3.05) is 6.54 Å². The molecule has 0 spiro atoms. The molecule has 0 saturated heterocycles. The predicted molar refractivity (Wildman–Crippen MR) is 109 cm³/mol. The first-order chi connectivity index (χ1) is 14.2. The van der Waals surface area contributed by atoms with Crippen molar-refractivity contribution in [2.24, 2.45) is 11.7 Å². The summed E-state index contributed by atoms with van der Waals surface area (Å²) in [6.07, 6.45) is 8.29. The Labute approximate surface area is 169 Å². The van der Waals surface area contributed by atoms with E-state index in [0.29, 0.717) is 24.7 Å². The number of aromatic nitrogens is 5. The zero-order chi connectivity index (χ0) is 20.1. The van der Waals surface area contributed by atoms with E-state index in [1.165, 1.54) is 12.8 Å². The number of nitrogens with one attached hydrogen (secondary N) is 2. The minimum absolute atomic E-state index is 0.0930. The van der Waals surface area contributed by atoms with Crippen LogP contribution in [0.2, 0.25) is 0 Å². The lowest BCUT2D eigenvalue weighted by Gasteiger charge is -2.13. The maximum atomic E-state index is 12.5. The molecule has 1 atom stereocenters. The van der Waals surface area contributed by atoms with Crippen LogP contribution in [0.25, 0.3) is 0 Å². The number of rotatable bonds is 10. The number of amides is 1. The Morgan fingerprint density at radius 3 is 2.83 bits per heavy atom. The number of carbonyl (C=O) groups excluding carboxylic acids is 1. The molecule has 3 aromatic rings. The first-order valence-corrected chi connectivity index (χ1v) is 10.1. The molecule has 29 heavy (non-hydrogen) atoms. The third-order valence-electron chi connectivity index (χ3n) is 5.13. The molecule has 2 heterocycles. The van der Waals surface area contributed by atoms with Crippen molar-refractivity contribution in [3.05, 3.63) is 65.5 Å². The number of hydrogen-bond acceptors (Lipinski definition) is 5. The van der Waals surface area contributed by atoms with Gasteiger partial charge in [0.1, 0.15) is 12.4 Å². The largest absolute Gasteiger partial charge is 0.354 e. The maximum Gasteiger partial charge on any atom is 0.241 e. The minimum Gasteiger partial charge on any atom is -0.354 e. The Balaban J connectivity index is 1.40. The van der Waals surface area contributed by atoms with Crippen molar-refractivity contribution in [1.82, 2.24) is 30.3 Å². The fourth-order valence-electron chi connectivity index (χ4n) is 3.37. The average molecular weight is 393 g/mol. The van der Waals surface area contributed by atoms with Crippen LogP contribution in [0.3, 0.4) is 0 Å². The number of benzene rings is 1. The van der Waals surface area contributed by atoms with E-state index in [9.17, 15) is 4.79 Å². The minimum atomic E-state index is -0.309. The summed E-state index contributed by atoms with van der Waals surface area (Å²) in [5, 5.41) is 14.2. The van der Waals surface area contributed by atoms with Gasteiger partial charge in [-0.3, -0.25) is 9.89 Å². The number of nitrogens with two attached hydrogens (primary N) is 1. The van der Waals surface area contributed by atoms with Crippen LogP contribution < -0.4 is 11.1 Å². The van der Waals surface area contributed by atoms with Gasteiger partial charge < -0.3 is 11.1 Å². The van der Waals surface area contributed by atoms with Crippen LogP contribution in [-0.2, 0) is 30.6 Å². The van der Waals surface area contributed by atoms with Crippen LogP contribution >= 0.6 is 0 Å². The Hall–Kier alpha value is -3.00. The van der Waals surface area contributed by atoms with Crippen molar-refractivity contribution < 1.29 is 4.79 Å². The monoisotopic (exact) mass is 393 g/mol. The lowest BCUT2D eigenvalue weighted by Crippen LogP contribution is -2.31. The van der Waals surface area contributed by atoms with Gasteiger partial charge in [-0.25, -0.2) is 9.67 Å². The molecule has 1 aliphatic rings. The van der Waals surface area contributed by atoms with Gasteiger partial charge in [0, 0.05) is 19.2 Å². The number of aromatic amines is 1. The highest BCUT2D eigenvalue weighted by Crippen LogP contribution is 2.32. The molecule has 0 aliphatic heterocycles. The molecule has 152 valence electrons. The van der Waals surface area contributed by atoms with Crippen LogP contribution in [0, 0.1) is 5.92 Å². The van der Waals surface area contributed by atoms with Gasteiger partial charge in [-0.15, -0.1) is 0 Å². The van der Waals surface area contributed by atoms with E-state index in [0.717, 1.165) is 29.8 Å². The molecule has 0 radical (unpaired) electrons. The second-order valence-electron chi connectivity index (χ2n) is 7.69. The third kappa shape index (κ3) is 5.51. The standard InChI is InChI=1S/C21H27N7O/c22-18(10-15-4-2-1-3-5-15)21-26-19(11-16-6-7-16)27-28(21)14-20(29)23-9-8-17-12-24-25-13-17/h1-5,12-13,16,18H,6-11,14,22H2,(H,23,29)(H,24,25)/t18-/m1/s1. The fourth-order valence-corrected chi connectivity index (χ4v) is 3.37. The fraction of sp³-hybridized carbons (Fsp3) is 0.429. The molecule has 2 aromatic heterocycles. The van der Waals surface area contributed by atoms with Gasteiger partial charge in [0.05, 0.1) is 12.2 Å². The summed E-state index contributed by atoms with van der Waals surface area (Å²) < 4.78 is 1.68. The second kappa shape index (κ2) is 9.00. The number of carbonyl (C=O) groups is 1. The van der Waals surface area contributed by atoms with Gasteiger partial charge >= 0.3 is 0 Å². The zero-order valence-electron chi connectivity index (χ0n) is 16.4. The van der Waals surface area contributed by atoms with Gasteiger partial charge in [0.2, 0.25) is 5.91 Å². The average Bonchev–Trinajstić information content (AvgIpc) is 3.20. The van der Waals surface area contributed by atoms with Gasteiger partial charge in [-0.1, -0.05) is 30.3 Å². The molecular formula is C21H27N7O. The molecular weight excluding hydrogens is 366 g/mol. The first-order valence-electron chi connectivity index (χ1n) is 10.1. The molecule has 0 unspecified atom stereocenters. The van der Waals surface area contributed by atoms with Gasteiger partial charge in [0.15, 0.2) is 5.82 Å². The van der Waals surface area contributed by atoms with E-state index >= 15 is 0 Å². The number of nitrogens with zero attached hydrogens (tertiary/aromatic N) is 4. The molecule has 1 saturated carbocycles. The second-order valence-corrected chi connectivity index (χ2v) is 7.69. The topological polar surface area (TPSA) is 115 Å². The summed E-state index contributed by atoms with van der Waals surface area (Å²) in [5.74, 6) is 2.05. The van der Waals surface area contributed by atoms with Crippen molar-refractivity contribution in [3.8, 4) is 0 Å². The van der Waals surface area contributed by atoms with Crippen LogP contribution in [0.4, 0.5) is 0 Å². The van der Waals surface area contributed by atoms with Gasteiger partial charge in [0.25, 0.3) is 0 Å². The van der Waals surface area contributed by atoms with Crippen LogP contribution in [0.5, 0.6) is 0 Å². The van der Waals surface area contributed by atoms with Crippen molar-refractivity contribution >= 4 is 5.91 Å². The lowest BCUT2D eigenvalue weighted by atomic mass is 10.1. The van der Waals surface area contributed by atoms with Crippen LogP contribution in [-0.4, -0.2) is 37.4 Å². The highest BCUT2D eigenvalue weighted by atomic mass is 16.2. The Kier molecular flexibility index (Phi) is 6.00. The van der Waals surface area contributed by atoms with Gasteiger partial charge in [-0.05, 0) is 42.7 Å². The quantitative estimate of drug-likeness (QED) is 0.483. The van der Waals surface area contributed by atoms with E-state index in [1.807, 2.05) is 36.5 Å². The first kappa shape index (κ1) is 19.3. The lowest BCUT2D eigenvalue weighted by molar-refractivity contribution is -0.121. The summed E-state index contributed by atoms with van der Waals surface area (Å²) in [7, 11) is 0. The predicted octanol–water partition coefficient (Wildman–Crippen LogP) is 1.56. The van der Waals surface area contributed by atoms with Crippen LogP contribution in [0.1, 0.15) is 41.7 Å². The molecule has 8 heteroatoms. The Bertz CT molecular complexity index is 916. The van der Waals surface area contributed by atoms with E-state index in [4.69, 9.17) is 10.7 Å². The van der Waals surface area contributed by atoms with E-state index < -0.39 is 0 Å². The zero-order valence-corrected chi connectivity index (χ0v) is 16.4. The van der Waals surface area contributed by atoms with E-state index in [1.54, 1.807) is 10.9 Å². The summed E-state index contributed by atoms with van der Waals surface area (Å²) in [6, 6.07) is 9.77. The highest BCUT2D eigenvalue weighted by Gasteiger charge is 2.26. The molecule has 4 N–H and O–H groups in total. The Morgan fingerprint density at radius 2 is 2.10 bits per heavy atom. The van der Waals surface area contributed by atoms with E-state index in [-0.39, 0.29) is 18.5 Å². The summed E-state index contributed by atoms with van der Waals surface area (Å²) >= 11 is 0. The summed E-state index contributed by atoms with van der Waals surface area (Å²) in [4.78, 5) is 17.1. The van der Waals surface area contributed by atoms with Gasteiger partial charge in [-0.2, -0.15) is 10.2 Å². The number of hydrogen-bond donors (Lipinski definition) is 3. The van der Waals surface area contributed by atoms with E-state index in [2.05, 4.69) is 20.6 Å². The molecule has 8 nitrogen and oxygen atoms in total. The molecule has 1 aliphatic carbocycles. The summed E-state index contributed by atoms with van der Waals surface area (Å²) in [6.45, 7) is 0.675. The van der Waals surface area contributed by atoms with Crippen molar-refractivity contribution in [2.45, 2.75) is 44.7 Å². The SMILES string of the molecule is N[C@H](Cc1ccccc1)c1nc(CC2CC2)nn1CC(=O)NCCc1cn[nH]c1. The normalized spacial score (nSPS) is 14.7. The third-order valence-corrected chi connectivity index (χ3v) is 5.13. The number of H-pyrrole nitrogens is 1. The molecule has 1 aromatic carbocycles. The molecule has 1 amide bonds.